The van der Waals surface area contributed by atoms with Crippen molar-refractivity contribution in [2.75, 3.05) is 0 Å². The van der Waals surface area contributed by atoms with Crippen LogP contribution in [0.5, 0.6) is 0 Å². The maximum absolute atomic E-state index is 11.3. The molecule has 0 aliphatic carbocycles. The van der Waals surface area contributed by atoms with Gasteiger partial charge in [0, 0.05) is 12.6 Å². The van der Waals surface area contributed by atoms with E-state index in [9.17, 15) is 19.8 Å². The monoisotopic (exact) mass is 297 g/mol. The number of hydrogen-bond acceptors (Lipinski definition) is 4. The molecule has 0 aliphatic rings. The molecule has 1 aromatic rings. The Labute approximate surface area is 123 Å². The van der Waals surface area contributed by atoms with Crippen molar-refractivity contribution in [2.24, 2.45) is 0 Å². The van der Waals surface area contributed by atoms with Crippen molar-refractivity contribution < 1.29 is 19.8 Å². The number of rotatable bonds is 11. The third kappa shape index (κ3) is 6.40. The first-order chi connectivity index (χ1) is 10.0. The van der Waals surface area contributed by atoms with Crippen LogP contribution >= 0.6 is 0 Å². The van der Waals surface area contributed by atoms with Crippen LogP contribution < -0.4 is 5.32 Å². The summed E-state index contributed by atoms with van der Waals surface area (Å²) in [7, 11) is 0. The zero-order chi connectivity index (χ0) is 15.7. The van der Waals surface area contributed by atoms with Crippen LogP contribution in [0.4, 0.5) is 0 Å². The summed E-state index contributed by atoms with van der Waals surface area (Å²) in [4.78, 5) is 29.2. The highest BCUT2D eigenvalue weighted by molar-refractivity contribution is 5.77. The molecule has 1 heterocycles. The fourth-order valence-electron chi connectivity index (χ4n) is 2.13. The number of carboxylic acids is 2. The first kappa shape index (κ1) is 17.2. The molecule has 0 fully saturated rings. The molecular weight excluding hydrogens is 274 g/mol. The van der Waals surface area contributed by atoms with Crippen LogP contribution in [-0.2, 0) is 16.0 Å². The van der Waals surface area contributed by atoms with E-state index in [1.807, 2.05) is 0 Å². The maximum atomic E-state index is 11.3. The number of aromatic nitrogens is 2. The minimum atomic E-state index is -1.07. The standard InChI is InChI=1S/C14H23N3O4/c1-2-3-4-5-6-11(13(18)19)17-12(14(20)21)7-10-8-15-9-16-10/h8-9,11-12,17H,2-7H2,1H3,(H,15,16)(H,18,19)(H,20,21)/t11-,12+/m0/s1. The molecule has 7 nitrogen and oxygen atoms in total. The summed E-state index contributed by atoms with van der Waals surface area (Å²) in [6.45, 7) is 2.08. The molecule has 2 atom stereocenters. The third-order valence-corrected chi connectivity index (χ3v) is 3.31. The molecule has 1 aromatic heterocycles. The summed E-state index contributed by atoms with van der Waals surface area (Å²) in [5, 5.41) is 21.1. The molecule has 0 unspecified atom stereocenters. The van der Waals surface area contributed by atoms with Gasteiger partial charge in [0.1, 0.15) is 12.1 Å². The minimum Gasteiger partial charge on any atom is -0.480 e. The van der Waals surface area contributed by atoms with Gasteiger partial charge in [0.05, 0.1) is 12.0 Å². The van der Waals surface area contributed by atoms with Crippen LogP contribution in [0.3, 0.4) is 0 Å². The number of aromatic amines is 1. The molecule has 0 amide bonds. The first-order valence-electron chi connectivity index (χ1n) is 7.24. The smallest absolute Gasteiger partial charge is 0.321 e. The van der Waals surface area contributed by atoms with Gasteiger partial charge in [0.2, 0.25) is 0 Å². The van der Waals surface area contributed by atoms with Gasteiger partial charge in [0.25, 0.3) is 0 Å². The number of unbranched alkanes of at least 4 members (excludes halogenated alkanes) is 3. The fourth-order valence-corrected chi connectivity index (χ4v) is 2.13. The molecule has 21 heavy (non-hydrogen) atoms. The van der Waals surface area contributed by atoms with E-state index in [0.717, 1.165) is 25.7 Å². The highest BCUT2D eigenvalue weighted by Gasteiger charge is 2.26. The van der Waals surface area contributed by atoms with Crippen molar-refractivity contribution in [3.05, 3.63) is 18.2 Å². The van der Waals surface area contributed by atoms with Crippen molar-refractivity contribution in [1.82, 2.24) is 15.3 Å². The molecule has 4 N–H and O–H groups in total. The number of imidazole rings is 1. The number of carboxylic acid groups (broad SMARTS) is 2. The molecule has 0 bridgehead atoms. The van der Waals surface area contributed by atoms with Gasteiger partial charge in [-0.3, -0.25) is 14.9 Å². The highest BCUT2D eigenvalue weighted by Crippen LogP contribution is 2.08. The van der Waals surface area contributed by atoms with Gasteiger partial charge in [-0.1, -0.05) is 32.6 Å². The predicted molar refractivity (Wildman–Crippen MR) is 77.0 cm³/mol. The van der Waals surface area contributed by atoms with Gasteiger partial charge in [-0.15, -0.1) is 0 Å². The van der Waals surface area contributed by atoms with Gasteiger partial charge in [-0.2, -0.15) is 0 Å². The van der Waals surface area contributed by atoms with Gasteiger partial charge in [-0.05, 0) is 6.42 Å². The van der Waals surface area contributed by atoms with Crippen molar-refractivity contribution >= 4 is 11.9 Å². The van der Waals surface area contributed by atoms with Crippen molar-refractivity contribution in [1.29, 1.82) is 0 Å². The Morgan fingerprint density at radius 1 is 1.24 bits per heavy atom. The van der Waals surface area contributed by atoms with Crippen LogP contribution in [0.1, 0.15) is 44.7 Å². The van der Waals surface area contributed by atoms with E-state index in [4.69, 9.17) is 0 Å². The Hall–Kier alpha value is -1.89. The first-order valence-corrected chi connectivity index (χ1v) is 7.24. The number of H-pyrrole nitrogens is 1. The normalized spacial score (nSPS) is 13.8. The lowest BCUT2D eigenvalue weighted by atomic mass is 10.0. The van der Waals surface area contributed by atoms with E-state index < -0.39 is 24.0 Å². The largest absolute Gasteiger partial charge is 0.480 e. The average molecular weight is 297 g/mol. The summed E-state index contributed by atoms with van der Waals surface area (Å²) >= 11 is 0. The number of aliphatic carboxylic acids is 2. The number of nitrogens with zero attached hydrogens (tertiary/aromatic N) is 1. The van der Waals surface area contributed by atoms with Crippen molar-refractivity contribution in [3.63, 3.8) is 0 Å². The van der Waals surface area contributed by atoms with Gasteiger partial charge in [-0.25, -0.2) is 4.98 Å². The molecule has 7 heteroatoms. The maximum Gasteiger partial charge on any atom is 0.321 e. The molecule has 0 saturated heterocycles. The molecule has 0 spiro atoms. The summed E-state index contributed by atoms with van der Waals surface area (Å²) in [5.74, 6) is -2.09. The second-order valence-corrected chi connectivity index (χ2v) is 5.06. The Morgan fingerprint density at radius 3 is 2.48 bits per heavy atom. The highest BCUT2D eigenvalue weighted by atomic mass is 16.4. The molecular formula is C14H23N3O4. The Balaban J connectivity index is 2.55. The van der Waals surface area contributed by atoms with Gasteiger partial charge < -0.3 is 15.2 Å². The summed E-state index contributed by atoms with van der Waals surface area (Å²) in [5.41, 5.74) is 0.588. The second kappa shape index (κ2) is 9.12. The van der Waals surface area contributed by atoms with E-state index in [0.29, 0.717) is 12.1 Å². The minimum absolute atomic E-state index is 0.150. The summed E-state index contributed by atoms with van der Waals surface area (Å²) < 4.78 is 0. The zero-order valence-electron chi connectivity index (χ0n) is 12.2. The van der Waals surface area contributed by atoms with Crippen LogP contribution in [0.15, 0.2) is 12.5 Å². The SMILES string of the molecule is CCCCCC[C@H](N[C@H](Cc1c[nH]cn1)C(=O)O)C(=O)O. The van der Waals surface area contributed by atoms with Crippen molar-refractivity contribution in [3.8, 4) is 0 Å². The zero-order valence-corrected chi connectivity index (χ0v) is 12.2. The lowest BCUT2D eigenvalue weighted by Gasteiger charge is -2.19. The molecule has 118 valence electrons. The van der Waals surface area contributed by atoms with Crippen LogP contribution in [0.2, 0.25) is 0 Å². The molecule has 0 radical (unpaired) electrons. The van der Waals surface area contributed by atoms with Crippen LogP contribution in [0.25, 0.3) is 0 Å². The summed E-state index contributed by atoms with van der Waals surface area (Å²) in [6, 6.07) is -1.80. The Bertz CT molecular complexity index is 433. The lowest BCUT2D eigenvalue weighted by Crippen LogP contribution is -2.48. The Kier molecular flexibility index (Phi) is 7.45. The lowest BCUT2D eigenvalue weighted by molar-refractivity contribution is -0.142. The van der Waals surface area contributed by atoms with Gasteiger partial charge in [0.15, 0.2) is 0 Å². The second-order valence-electron chi connectivity index (χ2n) is 5.06. The summed E-state index contributed by atoms with van der Waals surface area (Å²) in [6.07, 6.45) is 7.51. The average Bonchev–Trinajstić information content (AvgIpc) is 2.93. The topological polar surface area (TPSA) is 115 Å². The van der Waals surface area contributed by atoms with Crippen LogP contribution in [-0.4, -0.2) is 44.2 Å². The number of nitrogens with one attached hydrogen (secondary N) is 2. The van der Waals surface area contributed by atoms with E-state index in [-0.39, 0.29) is 6.42 Å². The third-order valence-electron chi connectivity index (χ3n) is 3.31. The molecule has 0 aromatic carbocycles. The molecule has 0 aliphatic heterocycles. The van der Waals surface area contributed by atoms with E-state index in [2.05, 4.69) is 22.2 Å². The van der Waals surface area contributed by atoms with E-state index in [1.165, 1.54) is 6.33 Å². The van der Waals surface area contributed by atoms with E-state index in [1.54, 1.807) is 6.20 Å². The van der Waals surface area contributed by atoms with Gasteiger partial charge >= 0.3 is 11.9 Å². The predicted octanol–water partition coefficient (Wildman–Crippen LogP) is 1.42. The quantitative estimate of drug-likeness (QED) is 0.459. The van der Waals surface area contributed by atoms with Crippen molar-refractivity contribution in [2.45, 2.75) is 57.5 Å². The number of hydrogen-bond donors (Lipinski definition) is 4. The van der Waals surface area contributed by atoms with Crippen LogP contribution in [0, 0.1) is 0 Å². The fraction of sp³-hybridized carbons (Fsp3) is 0.643. The number of carbonyl (C=O) groups is 2. The Morgan fingerprint density at radius 2 is 1.95 bits per heavy atom. The molecule has 1 rings (SSSR count). The molecule has 0 saturated carbocycles. The van der Waals surface area contributed by atoms with E-state index >= 15 is 0 Å².